The third-order valence-corrected chi connectivity index (χ3v) is 7.91. The van der Waals surface area contributed by atoms with Crippen LogP contribution >= 0.6 is 0 Å². The zero-order chi connectivity index (χ0) is 22.9. The Balaban J connectivity index is 1.27. The predicted molar refractivity (Wildman–Crippen MR) is 132 cm³/mol. The molecule has 1 unspecified atom stereocenters. The second-order valence-electron chi connectivity index (χ2n) is 10.3. The highest BCUT2D eigenvalue weighted by Crippen LogP contribution is 2.56. The monoisotopic (exact) mass is 449 g/mol. The first-order valence-electron chi connectivity index (χ1n) is 12.1. The first-order chi connectivity index (χ1) is 16.5. The predicted octanol–water partition coefficient (Wildman–Crippen LogP) is 4.55. The molecule has 34 heavy (non-hydrogen) atoms. The quantitative estimate of drug-likeness (QED) is 0.477. The molecule has 3 aliphatic carbocycles. The van der Waals surface area contributed by atoms with Crippen LogP contribution < -0.4 is 5.73 Å². The number of aliphatic hydroxyl groups is 1. The third kappa shape index (κ3) is 3.06. The van der Waals surface area contributed by atoms with Crippen molar-refractivity contribution < 1.29 is 5.11 Å². The van der Waals surface area contributed by atoms with Crippen LogP contribution in [0.3, 0.4) is 0 Å². The van der Waals surface area contributed by atoms with Crippen LogP contribution in [-0.4, -0.2) is 35.8 Å². The first-order valence-corrected chi connectivity index (χ1v) is 12.1. The number of hydrogen-bond donors (Lipinski definition) is 2. The van der Waals surface area contributed by atoms with Gasteiger partial charge in [-0.15, -0.1) is 0 Å². The lowest BCUT2D eigenvalue weighted by Gasteiger charge is -2.53. The number of aromatic nitrogens is 4. The summed E-state index contributed by atoms with van der Waals surface area (Å²) < 4.78 is 1.81. The summed E-state index contributed by atoms with van der Waals surface area (Å²) in [5, 5.41) is 16.2. The van der Waals surface area contributed by atoms with E-state index in [4.69, 9.17) is 10.7 Å². The molecular weight excluding hydrogens is 422 g/mol. The van der Waals surface area contributed by atoms with Gasteiger partial charge in [-0.05, 0) is 55.2 Å². The SMILES string of the molecule is NC1(C2=CCC(c3nc4c(cnc5ccnn54)cc3-c3ccccc3)C=C2)CC(O)(C2CC2)C1. The third-order valence-electron chi connectivity index (χ3n) is 7.91. The molecule has 0 amide bonds. The van der Waals surface area contributed by atoms with Gasteiger partial charge in [0.25, 0.3) is 0 Å². The van der Waals surface area contributed by atoms with Gasteiger partial charge in [0, 0.05) is 34.7 Å². The molecule has 2 fully saturated rings. The molecule has 7 rings (SSSR count). The van der Waals surface area contributed by atoms with E-state index in [0.717, 1.165) is 58.3 Å². The minimum Gasteiger partial charge on any atom is -0.389 e. The van der Waals surface area contributed by atoms with Crippen LogP contribution in [0.1, 0.15) is 43.7 Å². The molecule has 0 bridgehead atoms. The second-order valence-corrected chi connectivity index (χ2v) is 10.3. The molecule has 3 aromatic heterocycles. The van der Waals surface area contributed by atoms with E-state index >= 15 is 0 Å². The van der Waals surface area contributed by atoms with Crippen LogP contribution in [0.15, 0.2) is 78.7 Å². The number of hydrogen-bond acceptors (Lipinski definition) is 5. The number of nitrogens with two attached hydrogens (primary N) is 1. The lowest BCUT2D eigenvalue weighted by molar-refractivity contribution is -0.0907. The molecule has 1 aromatic carbocycles. The maximum atomic E-state index is 10.8. The number of benzene rings is 1. The van der Waals surface area contributed by atoms with Gasteiger partial charge in [-0.1, -0.05) is 48.6 Å². The molecule has 2 saturated carbocycles. The normalized spacial score (nSPS) is 28.8. The molecule has 3 aliphatic rings. The molecule has 3 N–H and O–H groups in total. The van der Waals surface area contributed by atoms with Crippen molar-refractivity contribution >= 4 is 16.7 Å². The van der Waals surface area contributed by atoms with E-state index in [9.17, 15) is 5.11 Å². The van der Waals surface area contributed by atoms with Gasteiger partial charge >= 0.3 is 0 Å². The minimum absolute atomic E-state index is 0.133. The van der Waals surface area contributed by atoms with Crippen molar-refractivity contribution in [2.45, 2.75) is 49.2 Å². The Kier molecular flexibility index (Phi) is 4.17. The van der Waals surface area contributed by atoms with Crippen molar-refractivity contribution in [1.29, 1.82) is 0 Å². The Hall–Kier alpha value is -3.35. The summed E-state index contributed by atoms with van der Waals surface area (Å²) in [6, 6.07) is 14.5. The van der Waals surface area contributed by atoms with E-state index in [0.29, 0.717) is 18.8 Å². The Morgan fingerprint density at radius 3 is 2.65 bits per heavy atom. The number of pyridine rings is 1. The second kappa shape index (κ2) is 7.08. The minimum atomic E-state index is -0.552. The molecule has 6 heteroatoms. The molecule has 170 valence electrons. The van der Waals surface area contributed by atoms with E-state index in [2.05, 4.69) is 58.6 Å². The van der Waals surface area contributed by atoms with Crippen LogP contribution in [0, 0.1) is 5.92 Å². The van der Waals surface area contributed by atoms with Crippen molar-refractivity contribution in [3.8, 4) is 11.1 Å². The Bertz CT molecular complexity index is 1480. The molecule has 1 atom stereocenters. The van der Waals surface area contributed by atoms with Gasteiger partial charge in [-0.3, -0.25) is 0 Å². The van der Waals surface area contributed by atoms with Gasteiger partial charge in [-0.2, -0.15) is 9.61 Å². The molecule has 0 radical (unpaired) electrons. The molecule has 0 spiro atoms. The van der Waals surface area contributed by atoms with Crippen LogP contribution in [0.5, 0.6) is 0 Å². The zero-order valence-corrected chi connectivity index (χ0v) is 18.9. The summed E-state index contributed by atoms with van der Waals surface area (Å²) >= 11 is 0. The summed E-state index contributed by atoms with van der Waals surface area (Å²) in [4.78, 5) is 9.69. The largest absolute Gasteiger partial charge is 0.389 e. The zero-order valence-electron chi connectivity index (χ0n) is 18.9. The van der Waals surface area contributed by atoms with E-state index in [1.165, 1.54) is 0 Å². The summed E-state index contributed by atoms with van der Waals surface area (Å²) in [5.41, 5.74) is 11.8. The van der Waals surface area contributed by atoms with E-state index in [-0.39, 0.29) is 5.92 Å². The fourth-order valence-electron chi connectivity index (χ4n) is 5.97. The summed E-state index contributed by atoms with van der Waals surface area (Å²) in [6.45, 7) is 0. The van der Waals surface area contributed by atoms with Crippen molar-refractivity contribution in [2.24, 2.45) is 11.7 Å². The molecular formula is C28H27N5O. The van der Waals surface area contributed by atoms with Gasteiger partial charge in [-0.25, -0.2) is 9.97 Å². The highest BCUT2D eigenvalue weighted by molar-refractivity contribution is 5.84. The molecule has 4 aromatic rings. The number of nitrogens with zero attached hydrogens (tertiary/aromatic N) is 4. The van der Waals surface area contributed by atoms with Crippen molar-refractivity contribution in [3.05, 3.63) is 84.4 Å². The Morgan fingerprint density at radius 2 is 1.91 bits per heavy atom. The summed E-state index contributed by atoms with van der Waals surface area (Å²) in [7, 11) is 0. The topological polar surface area (TPSA) is 89.3 Å². The molecule has 0 aliphatic heterocycles. The maximum absolute atomic E-state index is 10.8. The van der Waals surface area contributed by atoms with Gasteiger partial charge in [0.2, 0.25) is 0 Å². The summed E-state index contributed by atoms with van der Waals surface area (Å²) in [5.74, 6) is 0.585. The number of rotatable bonds is 4. The van der Waals surface area contributed by atoms with E-state index in [1.807, 2.05) is 22.8 Å². The van der Waals surface area contributed by atoms with E-state index < -0.39 is 11.1 Å². The summed E-state index contributed by atoms with van der Waals surface area (Å²) in [6.07, 6.45) is 14.7. The van der Waals surface area contributed by atoms with Crippen molar-refractivity contribution in [1.82, 2.24) is 19.6 Å². The van der Waals surface area contributed by atoms with Gasteiger partial charge in [0.1, 0.15) is 0 Å². The lowest BCUT2D eigenvalue weighted by atomic mass is 9.59. The average molecular weight is 450 g/mol. The van der Waals surface area contributed by atoms with Crippen LogP contribution in [0.4, 0.5) is 0 Å². The molecule has 0 saturated heterocycles. The van der Waals surface area contributed by atoms with Crippen LogP contribution in [0.2, 0.25) is 0 Å². The van der Waals surface area contributed by atoms with Gasteiger partial charge in [0.15, 0.2) is 11.3 Å². The fraction of sp³-hybridized carbons (Fsp3) is 0.321. The Morgan fingerprint density at radius 1 is 1.09 bits per heavy atom. The average Bonchev–Trinajstić information content (AvgIpc) is 3.60. The van der Waals surface area contributed by atoms with Crippen LogP contribution in [0.25, 0.3) is 27.8 Å². The first kappa shape index (κ1) is 20.1. The van der Waals surface area contributed by atoms with Crippen molar-refractivity contribution in [3.63, 3.8) is 0 Å². The smallest absolute Gasteiger partial charge is 0.164 e. The lowest BCUT2D eigenvalue weighted by Crippen LogP contribution is -2.64. The molecule has 6 nitrogen and oxygen atoms in total. The maximum Gasteiger partial charge on any atom is 0.164 e. The Labute approximate surface area is 197 Å². The van der Waals surface area contributed by atoms with Gasteiger partial charge < -0.3 is 10.8 Å². The fourth-order valence-corrected chi connectivity index (χ4v) is 5.97. The number of fused-ring (bicyclic) bond motifs is 3. The van der Waals surface area contributed by atoms with Crippen molar-refractivity contribution in [2.75, 3.05) is 0 Å². The van der Waals surface area contributed by atoms with Crippen LogP contribution in [-0.2, 0) is 0 Å². The highest BCUT2D eigenvalue weighted by atomic mass is 16.3. The number of allylic oxidation sites excluding steroid dienone is 2. The standard InChI is InChI=1S/C28H27N5O/c29-27(16-28(34,17-27)22-10-11-22)21-8-6-19(7-9-21)25-23(18-4-2-1-3-5-18)14-20-15-30-24-12-13-31-33(24)26(20)32-25/h1-6,8-9,12-15,19,22,34H,7,10-11,16-17,29H2. The van der Waals surface area contributed by atoms with Gasteiger partial charge in [0.05, 0.1) is 17.5 Å². The van der Waals surface area contributed by atoms with E-state index in [1.54, 1.807) is 6.20 Å². The highest BCUT2D eigenvalue weighted by Gasteiger charge is 2.59. The molecule has 3 heterocycles.